The molecule has 0 aliphatic carbocycles. The Morgan fingerprint density at radius 1 is 1.41 bits per heavy atom. The zero-order valence-electron chi connectivity index (χ0n) is 12.2. The topological polar surface area (TPSA) is 59.6 Å². The summed E-state index contributed by atoms with van der Waals surface area (Å²) in [6.45, 7) is 1.06. The summed E-state index contributed by atoms with van der Waals surface area (Å²) in [5, 5.41) is 5.09. The quantitative estimate of drug-likeness (QED) is 0.417. The highest BCUT2D eigenvalue weighted by Crippen LogP contribution is 2.17. The Morgan fingerprint density at radius 2 is 2.23 bits per heavy atom. The molecule has 0 unspecified atom stereocenters. The number of hydrogen-bond donors (Lipinski definition) is 2. The molecule has 0 aliphatic heterocycles. The number of methoxy groups -OCH3 is 1. The highest BCUT2D eigenvalue weighted by Gasteiger charge is 2.03. The average Bonchev–Trinajstić information content (AvgIpc) is 2.98. The molecule has 0 atom stereocenters. The lowest BCUT2D eigenvalue weighted by atomic mass is 10.2. The average molecular weight is 435 g/mol. The van der Waals surface area contributed by atoms with Crippen LogP contribution >= 0.6 is 35.3 Å². The summed E-state index contributed by atoms with van der Waals surface area (Å²) in [6.07, 6.45) is 0.908. The van der Waals surface area contributed by atoms with Crippen molar-refractivity contribution in [3.8, 4) is 5.75 Å². The van der Waals surface area contributed by atoms with Crippen LogP contribution in [0, 0.1) is 5.82 Å². The van der Waals surface area contributed by atoms with E-state index in [0.717, 1.165) is 18.5 Å². The van der Waals surface area contributed by atoms with E-state index in [-0.39, 0.29) is 29.7 Å². The predicted molar refractivity (Wildman–Crippen MR) is 99.7 cm³/mol. The Balaban J connectivity index is 0.00000242. The third-order valence-electron chi connectivity index (χ3n) is 2.91. The lowest BCUT2D eigenvalue weighted by Gasteiger charge is -2.06. The lowest BCUT2D eigenvalue weighted by molar-refractivity contribution is 0.386. The van der Waals surface area contributed by atoms with Crippen molar-refractivity contribution >= 4 is 41.3 Å². The minimum Gasteiger partial charge on any atom is -0.494 e. The van der Waals surface area contributed by atoms with Crippen LogP contribution in [-0.4, -0.2) is 19.6 Å². The van der Waals surface area contributed by atoms with Gasteiger partial charge in [-0.3, -0.25) is 0 Å². The first-order chi connectivity index (χ1) is 10.2. The van der Waals surface area contributed by atoms with Crippen molar-refractivity contribution in [2.24, 2.45) is 10.7 Å². The molecule has 22 heavy (non-hydrogen) atoms. The number of guanidine groups is 1. The first-order valence-corrected chi connectivity index (χ1v) is 7.45. The number of nitrogens with zero attached hydrogens (tertiary/aromatic N) is 1. The molecule has 1 aromatic heterocycles. The van der Waals surface area contributed by atoms with E-state index in [1.54, 1.807) is 23.5 Å². The van der Waals surface area contributed by atoms with Crippen LogP contribution in [0.1, 0.15) is 10.4 Å². The van der Waals surface area contributed by atoms with Gasteiger partial charge in [0.25, 0.3) is 0 Å². The number of thiophene rings is 1. The molecule has 0 radical (unpaired) electrons. The maximum absolute atomic E-state index is 13.5. The van der Waals surface area contributed by atoms with E-state index in [2.05, 4.69) is 16.4 Å². The molecule has 1 heterocycles. The predicted octanol–water partition coefficient (Wildman–Crippen LogP) is 3.16. The fourth-order valence-electron chi connectivity index (χ4n) is 1.81. The second-order valence-electron chi connectivity index (χ2n) is 4.43. The monoisotopic (exact) mass is 435 g/mol. The van der Waals surface area contributed by atoms with E-state index in [0.29, 0.717) is 12.5 Å². The molecular formula is C15H19FIN3OS. The first-order valence-electron chi connectivity index (χ1n) is 6.57. The van der Waals surface area contributed by atoms with Crippen LogP contribution in [0.2, 0.25) is 0 Å². The number of ether oxygens (including phenoxy) is 1. The van der Waals surface area contributed by atoms with Crippen LogP contribution in [0.25, 0.3) is 0 Å². The number of hydrogen-bond acceptors (Lipinski definition) is 3. The molecule has 3 N–H and O–H groups in total. The number of halogens is 2. The normalized spacial score (nSPS) is 10.9. The summed E-state index contributed by atoms with van der Waals surface area (Å²) in [6, 6.07) is 8.86. The first kappa shape index (κ1) is 18.7. The van der Waals surface area contributed by atoms with Crippen LogP contribution in [-0.2, 0) is 13.0 Å². The molecule has 0 spiro atoms. The largest absolute Gasteiger partial charge is 0.494 e. The van der Waals surface area contributed by atoms with Crippen LogP contribution in [0.4, 0.5) is 4.39 Å². The van der Waals surface area contributed by atoms with E-state index in [9.17, 15) is 4.39 Å². The molecule has 2 rings (SSSR count). The summed E-state index contributed by atoms with van der Waals surface area (Å²) in [7, 11) is 1.44. The summed E-state index contributed by atoms with van der Waals surface area (Å²) in [4.78, 5) is 5.49. The SMILES string of the molecule is COc1ccc(CN=C(N)NCCc2cccs2)cc1F.I. The van der Waals surface area contributed by atoms with E-state index < -0.39 is 5.82 Å². The lowest BCUT2D eigenvalue weighted by Crippen LogP contribution is -2.33. The number of rotatable bonds is 6. The standard InChI is InChI=1S/C15H18FN3OS.HI/c1-20-14-5-4-11(9-13(14)16)10-19-15(17)18-7-6-12-3-2-8-21-12;/h2-5,8-9H,6-7,10H2,1H3,(H3,17,18,19);1H. The summed E-state index contributed by atoms with van der Waals surface area (Å²) < 4.78 is 18.4. The highest BCUT2D eigenvalue weighted by atomic mass is 127. The number of benzene rings is 1. The van der Waals surface area contributed by atoms with Gasteiger partial charge in [0, 0.05) is 11.4 Å². The van der Waals surface area contributed by atoms with Crippen LogP contribution in [0.5, 0.6) is 5.75 Å². The molecule has 0 saturated carbocycles. The van der Waals surface area contributed by atoms with Gasteiger partial charge in [0.2, 0.25) is 0 Å². The molecule has 0 bridgehead atoms. The van der Waals surface area contributed by atoms with Crippen LogP contribution < -0.4 is 15.8 Å². The Hall–Kier alpha value is -1.35. The minimum absolute atomic E-state index is 0. The third kappa shape index (κ3) is 5.80. The number of nitrogens with one attached hydrogen (secondary N) is 1. The molecule has 0 fully saturated rings. The van der Waals surface area contributed by atoms with Crippen molar-refractivity contribution in [1.29, 1.82) is 0 Å². The summed E-state index contributed by atoms with van der Waals surface area (Å²) >= 11 is 1.72. The molecule has 0 saturated heterocycles. The smallest absolute Gasteiger partial charge is 0.188 e. The van der Waals surface area contributed by atoms with Crippen LogP contribution in [0.3, 0.4) is 0 Å². The summed E-state index contributed by atoms with van der Waals surface area (Å²) in [5.74, 6) is 0.196. The van der Waals surface area contributed by atoms with E-state index >= 15 is 0 Å². The van der Waals surface area contributed by atoms with Gasteiger partial charge in [-0.25, -0.2) is 9.38 Å². The van der Waals surface area contributed by atoms with Gasteiger partial charge in [0.15, 0.2) is 17.5 Å². The van der Waals surface area contributed by atoms with Gasteiger partial charge in [-0.1, -0.05) is 12.1 Å². The van der Waals surface area contributed by atoms with Gasteiger partial charge in [0.05, 0.1) is 13.7 Å². The molecule has 1 aromatic carbocycles. The molecule has 2 aromatic rings. The maximum Gasteiger partial charge on any atom is 0.188 e. The Kier molecular flexibility index (Phi) is 8.18. The van der Waals surface area contributed by atoms with Crippen molar-refractivity contribution in [3.05, 3.63) is 52.0 Å². The van der Waals surface area contributed by atoms with Gasteiger partial charge in [0.1, 0.15) is 0 Å². The number of aliphatic imine (C=N–C) groups is 1. The molecular weight excluding hydrogens is 416 g/mol. The van der Waals surface area contributed by atoms with Gasteiger partial charge >= 0.3 is 0 Å². The van der Waals surface area contributed by atoms with Crippen molar-refractivity contribution in [2.45, 2.75) is 13.0 Å². The Bertz CT molecular complexity index is 605. The van der Waals surface area contributed by atoms with Crippen molar-refractivity contribution < 1.29 is 9.13 Å². The van der Waals surface area contributed by atoms with E-state index in [1.165, 1.54) is 18.1 Å². The Morgan fingerprint density at radius 3 is 2.86 bits per heavy atom. The Labute approximate surface area is 150 Å². The third-order valence-corrected chi connectivity index (χ3v) is 3.84. The fourth-order valence-corrected chi connectivity index (χ4v) is 2.52. The number of nitrogens with two attached hydrogens (primary N) is 1. The molecule has 4 nitrogen and oxygen atoms in total. The molecule has 0 aliphatic rings. The molecule has 0 amide bonds. The molecule has 7 heteroatoms. The molecule has 120 valence electrons. The summed E-state index contributed by atoms with van der Waals surface area (Å²) in [5.41, 5.74) is 6.53. The van der Waals surface area contributed by atoms with Gasteiger partial charge in [-0.2, -0.15) is 0 Å². The van der Waals surface area contributed by atoms with Crippen molar-refractivity contribution in [3.63, 3.8) is 0 Å². The maximum atomic E-state index is 13.5. The second-order valence-corrected chi connectivity index (χ2v) is 5.46. The van der Waals surface area contributed by atoms with Gasteiger partial charge < -0.3 is 15.8 Å². The van der Waals surface area contributed by atoms with Crippen molar-refractivity contribution in [2.75, 3.05) is 13.7 Å². The van der Waals surface area contributed by atoms with E-state index in [4.69, 9.17) is 10.5 Å². The van der Waals surface area contributed by atoms with Crippen molar-refractivity contribution in [1.82, 2.24) is 5.32 Å². The minimum atomic E-state index is -0.394. The van der Waals surface area contributed by atoms with Gasteiger partial charge in [-0.15, -0.1) is 35.3 Å². The van der Waals surface area contributed by atoms with Gasteiger partial charge in [-0.05, 0) is 35.6 Å². The van der Waals surface area contributed by atoms with E-state index in [1.807, 2.05) is 11.4 Å². The second kappa shape index (κ2) is 9.62. The zero-order valence-corrected chi connectivity index (χ0v) is 15.4. The fraction of sp³-hybridized carbons (Fsp3) is 0.267. The zero-order chi connectivity index (χ0) is 15.1. The van der Waals surface area contributed by atoms with Crippen LogP contribution in [0.15, 0.2) is 40.7 Å². The highest BCUT2D eigenvalue weighted by molar-refractivity contribution is 14.0.